The smallest absolute Gasteiger partial charge is 0.262 e. The lowest BCUT2D eigenvalue weighted by Gasteiger charge is -2.13. The van der Waals surface area contributed by atoms with E-state index < -0.39 is 5.91 Å². The summed E-state index contributed by atoms with van der Waals surface area (Å²) in [6.07, 6.45) is 6.97. The van der Waals surface area contributed by atoms with Gasteiger partial charge in [0.2, 0.25) is 0 Å². The van der Waals surface area contributed by atoms with Gasteiger partial charge < -0.3 is 9.47 Å². The van der Waals surface area contributed by atoms with Crippen molar-refractivity contribution in [1.29, 1.82) is 0 Å². The average molecular weight is 571 g/mol. The van der Waals surface area contributed by atoms with Crippen molar-refractivity contribution in [2.75, 3.05) is 7.11 Å². The van der Waals surface area contributed by atoms with Crippen LogP contribution < -0.4 is 20.5 Å². The van der Waals surface area contributed by atoms with Gasteiger partial charge in [0, 0.05) is 20.5 Å². The van der Waals surface area contributed by atoms with E-state index in [1.165, 1.54) is 29.1 Å². The predicted molar refractivity (Wildman–Crippen MR) is 150 cm³/mol. The van der Waals surface area contributed by atoms with Crippen LogP contribution in [-0.4, -0.2) is 28.8 Å². The minimum atomic E-state index is -0.433. The Balaban J connectivity index is 1.23. The van der Waals surface area contributed by atoms with Gasteiger partial charge in [-0.25, -0.2) is 10.4 Å². The van der Waals surface area contributed by atoms with Crippen molar-refractivity contribution in [2.45, 2.75) is 38.8 Å². The molecular formula is C27H24Cl2N4O4S. The second kappa shape index (κ2) is 11.6. The molecule has 1 N–H and O–H groups in total. The molecule has 0 aliphatic heterocycles. The van der Waals surface area contributed by atoms with Crippen LogP contribution in [0.5, 0.6) is 11.5 Å². The van der Waals surface area contributed by atoms with E-state index in [1.54, 1.807) is 47.7 Å². The molecule has 0 radical (unpaired) electrons. The summed E-state index contributed by atoms with van der Waals surface area (Å²) in [5.74, 6) is 0.549. The first-order chi connectivity index (χ1) is 18.4. The minimum Gasteiger partial charge on any atom is -0.493 e. The maximum absolute atomic E-state index is 13.0. The second-order valence-corrected chi connectivity index (χ2v) is 10.7. The van der Waals surface area contributed by atoms with Crippen molar-refractivity contribution in [2.24, 2.45) is 5.10 Å². The second-order valence-electron chi connectivity index (χ2n) is 8.76. The molecule has 1 amide bonds. The van der Waals surface area contributed by atoms with Crippen molar-refractivity contribution in [3.05, 3.63) is 84.7 Å². The van der Waals surface area contributed by atoms with Gasteiger partial charge in [-0.05, 0) is 67.1 Å². The number of aromatic nitrogens is 2. The molecular weight excluding hydrogens is 547 g/mol. The lowest BCUT2D eigenvalue weighted by atomic mass is 9.97. The van der Waals surface area contributed by atoms with E-state index in [9.17, 15) is 9.59 Å². The number of halogens is 2. The van der Waals surface area contributed by atoms with Crippen LogP contribution in [0.1, 0.15) is 34.4 Å². The van der Waals surface area contributed by atoms with Crippen LogP contribution in [-0.2, 0) is 30.8 Å². The molecule has 2 aromatic carbocycles. The summed E-state index contributed by atoms with van der Waals surface area (Å²) in [4.78, 5) is 31.9. The first-order valence-electron chi connectivity index (χ1n) is 12.0. The Kier molecular flexibility index (Phi) is 7.97. The average Bonchev–Trinajstić information content (AvgIpc) is 3.30. The number of amides is 1. The number of nitrogens with one attached hydrogen (secondary N) is 1. The Bertz CT molecular complexity index is 1580. The molecule has 4 aromatic rings. The molecule has 2 heterocycles. The summed E-state index contributed by atoms with van der Waals surface area (Å²) in [6, 6.07) is 10.5. The van der Waals surface area contributed by atoms with Gasteiger partial charge in [-0.1, -0.05) is 29.3 Å². The number of rotatable bonds is 8. The fourth-order valence-corrected chi connectivity index (χ4v) is 6.09. The van der Waals surface area contributed by atoms with Gasteiger partial charge in [-0.15, -0.1) is 11.3 Å². The zero-order valence-corrected chi connectivity index (χ0v) is 22.8. The third-order valence-corrected chi connectivity index (χ3v) is 8.19. The summed E-state index contributed by atoms with van der Waals surface area (Å²) in [6.45, 7) is -0.00297. The number of fused-ring (bicyclic) bond motifs is 3. The van der Waals surface area contributed by atoms with Crippen LogP contribution in [0.4, 0.5) is 0 Å². The lowest BCUT2D eigenvalue weighted by molar-refractivity contribution is -0.121. The molecule has 196 valence electrons. The Morgan fingerprint density at radius 3 is 2.76 bits per heavy atom. The van der Waals surface area contributed by atoms with Gasteiger partial charge in [0.25, 0.3) is 11.5 Å². The Morgan fingerprint density at radius 1 is 1.18 bits per heavy atom. The first-order valence-corrected chi connectivity index (χ1v) is 13.6. The third-order valence-electron chi connectivity index (χ3n) is 6.28. The number of thiophene rings is 1. The molecule has 0 spiro atoms. The minimum absolute atomic E-state index is 0.173. The van der Waals surface area contributed by atoms with Crippen molar-refractivity contribution < 1.29 is 14.3 Å². The van der Waals surface area contributed by atoms with E-state index in [2.05, 4.69) is 15.5 Å². The normalized spacial score (nSPS) is 13.0. The summed E-state index contributed by atoms with van der Waals surface area (Å²) in [7, 11) is 1.53. The fraction of sp³-hybridized carbons (Fsp3) is 0.259. The van der Waals surface area contributed by atoms with Crippen LogP contribution in [0.25, 0.3) is 10.2 Å². The third kappa shape index (κ3) is 5.55. The Hall–Kier alpha value is -3.40. The van der Waals surface area contributed by atoms with E-state index in [0.29, 0.717) is 38.1 Å². The number of nitrogens with zero attached hydrogens (tertiary/aromatic N) is 3. The zero-order valence-electron chi connectivity index (χ0n) is 20.5. The number of methoxy groups -OCH3 is 1. The largest absolute Gasteiger partial charge is 0.493 e. The van der Waals surface area contributed by atoms with Crippen molar-refractivity contribution in [1.82, 2.24) is 15.0 Å². The summed E-state index contributed by atoms with van der Waals surface area (Å²) in [5.41, 5.74) is 4.73. The van der Waals surface area contributed by atoms with Crippen molar-refractivity contribution in [3.8, 4) is 11.5 Å². The molecule has 2 aromatic heterocycles. The van der Waals surface area contributed by atoms with Gasteiger partial charge in [-0.2, -0.15) is 5.10 Å². The van der Waals surface area contributed by atoms with Crippen molar-refractivity contribution in [3.63, 3.8) is 0 Å². The Morgan fingerprint density at radius 2 is 1.97 bits per heavy atom. The first kappa shape index (κ1) is 26.2. The molecule has 0 bridgehead atoms. The fourth-order valence-electron chi connectivity index (χ4n) is 4.37. The number of benzene rings is 2. The number of carbonyl (C=O) groups is 1. The number of hydrogen-bond donors (Lipinski definition) is 1. The zero-order chi connectivity index (χ0) is 26.6. The van der Waals surface area contributed by atoms with Crippen LogP contribution in [0.2, 0.25) is 10.0 Å². The van der Waals surface area contributed by atoms with Gasteiger partial charge in [-0.3, -0.25) is 14.2 Å². The van der Waals surface area contributed by atoms with Crippen LogP contribution >= 0.6 is 34.5 Å². The van der Waals surface area contributed by atoms with Gasteiger partial charge in [0.15, 0.2) is 11.5 Å². The summed E-state index contributed by atoms with van der Waals surface area (Å²) < 4.78 is 12.6. The van der Waals surface area contributed by atoms with Gasteiger partial charge in [0.1, 0.15) is 18.0 Å². The van der Waals surface area contributed by atoms with E-state index in [0.717, 1.165) is 36.1 Å². The highest BCUT2D eigenvalue weighted by Crippen LogP contribution is 2.33. The van der Waals surface area contributed by atoms with Gasteiger partial charge in [0.05, 0.1) is 25.0 Å². The number of carbonyl (C=O) groups excluding carboxylic acids is 1. The Labute approximate surface area is 232 Å². The molecule has 1 aliphatic rings. The maximum atomic E-state index is 13.0. The monoisotopic (exact) mass is 570 g/mol. The number of hydrazone groups is 1. The van der Waals surface area contributed by atoms with Crippen LogP contribution in [0.3, 0.4) is 0 Å². The molecule has 11 heteroatoms. The molecule has 0 unspecified atom stereocenters. The molecule has 38 heavy (non-hydrogen) atoms. The van der Waals surface area contributed by atoms with E-state index >= 15 is 0 Å². The quantitative estimate of drug-likeness (QED) is 0.226. The van der Waals surface area contributed by atoms with E-state index in [4.69, 9.17) is 32.7 Å². The maximum Gasteiger partial charge on any atom is 0.262 e. The van der Waals surface area contributed by atoms with Crippen LogP contribution in [0.15, 0.2) is 52.6 Å². The molecule has 0 fully saturated rings. The summed E-state index contributed by atoms with van der Waals surface area (Å²) in [5, 5.41) is 5.70. The SMILES string of the molecule is COc1cc(/C=N/NC(=O)Cn2cnc3sc4c(c3c2=O)CCCC4)ccc1OCc1c(Cl)cccc1Cl. The topological polar surface area (TPSA) is 94.8 Å². The standard InChI is InChI=1S/C27H24Cl2N4O4S/c1-36-22-11-16(9-10-21(22)37-14-18-19(28)6-4-7-20(18)29)12-31-32-24(34)13-33-15-30-26-25(27(33)35)17-5-2-3-8-23(17)38-26/h4,6-7,9-12,15H,2-3,5,8,13-14H2,1H3,(H,32,34)/b31-12+. The highest BCUT2D eigenvalue weighted by molar-refractivity contribution is 7.18. The predicted octanol–water partition coefficient (Wildman–Crippen LogP) is 5.38. The van der Waals surface area contributed by atoms with Gasteiger partial charge >= 0.3 is 0 Å². The molecule has 0 atom stereocenters. The molecule has 8 nitrogen and oxygen atoms in total. The lowest BCUT2D eigenvalue weighted by Crippen LogP contribution is -2.30. The number of hydrogen-bond acceptors (Lipinski definition) is 7. The molecule has 0 saturated carbocycles. The van der Waals surface area contributed by atoms with Crippen LogP contribution in [0, 0.1) is 0 Å². The summed E-state index contributed by atoms with van der Waals surface area (Å²) >= 11 is 14.0. The van der Waals surface area contributed by atoms with E-state index in [1.807, 2.05) is 0 Å². The highest BCUT2D eigenvalue weighted by Gasteiger charge is 2.20. The molecule has 5 rings (SSSR count). The van der Waals surface area contributed by atoms with E-state index in [-0.39, 0.29) is 18.7 Å². The van der Waals surface area contributed by atoms with Crippen molar-refractivity contribution >= 4 is 56.9 Å². The molecule has 1 aliphatic carbocycles. The highest BCUT2D eigenvalue weighted by atomic mass is 35.5. The molecule has 0 saturated heterocycles. The number of ether oxygens (including phenoxy) is 2. The number of aryl methyl sites for hydroxylation is 2.